The normalized spacial score (nSPS) is 14.8. The monoisotopic (exact) mass is 789 g/mol. The lowest BCUT2D eigenvalue weighted by molar-refractivity contribution is -0.129. The summed E-state index contributed by atoms with van der Waals surface area (Å²) in [4.78, 5) is 52.6. The number of halogens is 4. The molecule has 0 saturated carbocycles. The zero-order valence-electron chi connectivity index (χ0n) is 31.3. The molecule has 58 heavy (non-hydrogen) atoms. The van der Waals surface area contributed by atoms with E-state index in [0.29, 0.717) is 22.3 Å². The van der Waals surface area contributed by atoms with Crippen molar-refractivity contribution >= 4 is 23.4 Å². The molecule has 0 radical (unpaired) electrons. The molecule has 10 nitrogen and oxygen atoms in total. The van der Waals surface area contributed by atoms with Gasteiger partial charge in [0.1, 0.15) is 11.5 Å². The van der Waals surface area contributed by atoms with Crippen molar-refractivity contribution in [2.45, 2.75) is 32.6 Å². The molecule has 6 aromatic rings. The molecule has 0 saturated heterocycles. The Morgan fingerprint density at radius 2 is 1.14 bits per heavy atom. The summed E-state index contributed by atoms with van der Waals surface area (Å²) in [6, 6.07) is 30.0. The van der Waals surface area contributed by atoms with Crippen LogP contribution < -0.4 is 15.2 Å². The van der Waals surface area contributed by atoms with Crippen molar-refractivity contribution < 1.29 is 41.4 Å². The average molecular weight is 790 g/mol. The number of Topliss-reactive ketones (excluding diaryl/α,β-unsaturated/α-hetero) is 2. The number of alkyl halides is 4. The fourth-order valence-corrected chi connectivity index (χ4v) is 6.40. The molecule has 1 unspecified atom stereocenters. The van der Waals surface area contributed by atoms with Crippen LogP contribution in [0.4, 0.5) is 17.6 Å². The Morgan fingerprint density at radius 1 is 0.638 bits per heavy atom. The fraction of sp³-hybridized carbons (Fsp3) is 0.136. The van der Waals surface area contributed by atoms with E-state index in [1.165, 1.54) is 36.1 Å². The standard InChI is InChI=1S/C23H20F2N4O2.C21H15F2NO3/c1-14-11-18(8-9-19(14)31-21(24)25)23(20(30)29(2)22(26)28-23)17-7-3-5-15(12-17)16-6-4-10-27-13-16;1-13-10-16(7-8-18(13)27-21(22)23)20(26)19(25)15-5-2-4-14(11-15)17-6-3-9-24-12-17/h3-13,21H,1-2H3,(H2,26,28);2-12,21H,1H3. The van der Waals surface area contributed by atoms with E-state index in [-0.39, 0.29) is 34.5 Å². The van der Waals surface area contributed by atoms with Gasteiger partial charge in [-0.05, 0) is 107 Å². The molecule has 2 aromatic heterocycles. The summed E-state index contributed by atoms with van der Waals surface area (Å²) >= 11 is 0. The Labute approximate surface area is 330 Å². The minimum atomic E-state index is -2.96. The van der Waals surface area contributed by atoms with Gasteiger partial charge in [-0.2, -0.15) is 17.6 Å². The second-order valence-electron chi connectivity index (χ2n) is 13.1. The molecule has 294 valence electrons. The molecule has 1 amide bonds. The number of guanidine groups is 1. The number of benzene rings is 4. The lowest BCUT2D eigenvalue weighted by Crippen LogP contribution is -2.41. The number of amides is 1. The van der Waals surface area contributed by atoms with Gasteiger partial charge in [0.15, 0.2) is 11.5 Å². The van der Waals surface area contributed by atoms with Gasteiger partial charge in [-0.3, -0.25) is 29.3 Å². The number of pyridine rings is 2. The highest BCUT2D eigenvalue weighted by Crippen LogP contribution is 2.42. The van der Waals surface area contributed by atoms with Crippen molar-refractivity contribution in [1.82, 2.24) is 14.9 Å². The number of ether oxygens (including phenoxy) is 2. The molecule has 0 fully saturated rings. The first-order valence-electron chi connectivity index (χ1n) is 17.6. The second kappa shape index (κ2) is 17.3. The Hall–Kier alpha value is -7.22. The smallest absolute Gasteiger partial charge is 0.387 e. The summed E-state index contributed by atoms with van der Waals surface area (Å²) in [6.07, 6.45) is 6.72. The summed E-state index contributed by atoms with van der Waals surface area (Å²) in [5.74, 6) is -1.66. The third kappa shape index (κ3) is 8.60. The summed E-state index contributed by atoms with van der Waals surface area (Å²) in [6.45, 7) is -2.73. The van der Waals surface area contributed by atoms with Crippen molar-refractivity contribution in [3.8, 4) is 33.8 Å². The molecular weight excluding hydrogens is 755 g/mol. The van der Waals surface area contributed by atoms with Gasteiger partial charge < -0.3 is 15.2 Å². The third-order valence-electron chi connectivity index (χ3n) is 9.30. The quantitative estimate of drug-likeness (QED) is 0.0785. The van der Waals surface area contributed by atoms with E-state index in [1.54, 1.807) is 81.2 Å². The zero-order chi connectivity index (χ0) is 41.6. The van der Waals surface area contributed by atoms with Gasteiger partial charge in [-0.25, -0.2) is 4.99 Å². The fourth-order valence-electron chi connectivity index (χ4n) is 6.40. The number of aliphatic imine (C=N–C) groups is 1. The van der Waals surface area contributed by atoms with Crippen LogP contribution in [-0.2, 0) is 10.3 Å². The first-order chi connectivity index (χ1) is 27.8. The first-order valence-corrected chi connectivity index (χ1v) is 17.6. The SMILES string of the molecule is Cc1cc(C(=O)C(=O)c2cccc(-c3cccnc3)c2)ccc1OC(F)F.Cc1cc(C2(c3cccc(-c4cccnc4)c3)N=C(N)N(C)C2=O)ccc1OC(F)F. The topological polar surface area (TPSA) is 137 Å². The van der Waals surface area contributed by atoms with Crippen LogP contribution in [0, 0.1) is 13.8 Å². The van der Waals surface area contributed by atoms with Crippen LogP contribution >= 0.6 is 0 Å². The van der Waals surface area contributed by atoms with Crippen LogP contribution in [0.1, 0.15) is 43.0 Å². The van der Waals surface area contributed by atoms with Gasteiger partial charge in [0.05, 0.1) is 0 Å². The minimum absolute atomic E-state index is 0.0347. The van der Waals surface area contributed by atoms with E-state index in [0.717, 1.165) is 22.3 Å². The van der Waals surface area contributed by atoms with E-state index in [1.807, 2.05) is 42.5 Å². The number of hydrogen-bond donors (Lipinski definition) is 1. The number of nitrogens with zero attached hydrogens (tertiary/aromatic N) is 4. The Bertz CT molecular complexity index is 2500. The highest BCUT2D eigenvalue weighted by Gasteiger charge is 2.49. The Kier molecular flexibility index (Phi) is 12.1. The van der Waals surface area contributed by atoms with E-state index in [9.17, 15) is 31.9 Å². The van der Waals surface area contributed by atoms with Gasteiger partial charge >= 0.3 is 13.2 Å². The van der Waals surface area contributed by atoms with Gasteiger partial charge in [-0.1, -0.05) is 54.6 Å². The summed E-state index contributed by atoms with van der Waals surface area (Å²) in [5, 5.41) is 0. The van der Waals surface area contributed by atoms with Crippen molar-refractivity contribution in [2.24, 2.45) is 10.7 Å². The number of hydrogen-bond acceptors (Lipinski definition) is 9. The number of ketones is 2. The molecule has 2 N–H and O–H groups in total. The van der Waals surface area contributed by atoms with Gasteiger partial charge in [0.25, 0.3) is 5.91 Å². The van der Waals surface area contributed by atoms with Crippen LogP contribution in [-0.4, -0.2) is 58.6 Å². The van der Waals surface area contributed by atoms with E-state index < -0.39 is 30.3 Å². The summed E-state index contributed by atoms with van der Waals surface area (Å²) in [7, 11) is 1.55. The summed E-state index contributed by atoms with van der Waals surface area (Å²) in [5.41, 5.74) is 10.2. The predicted octanol–water partition coefficient (Wildman–Crippen LogP) is 8.41. The maximum Gasteiger partial charge on any atom is 0.387 e. The Balaban J connectivity index is 0.000000198. The van der Waals surface area contributed by atoms with Gasteiger partial charge in [-0.15, -0.1) is 0 Å². The van der Waals surface area contributed by atoms with Gasteiger partial charge in [0.2, 0.25) is 11.6 Å². The lowest BCUT2D eigenvalue weighted by Gasteiger charge is -2.27. The molecule has 7 rings (SSSR count). The molecule has 4 aromatic carbocycles. The number of carbonyl (C=O) groups excluding carboxylic acids is 3. The molecule has 0 bridgehead atoms. The van der Waals surface area contributed by atoms with Crippen molar-refractivity contribution in [3.05, 3.63) is 167 Å². The van der Waals surface area contributed by atoms with Crippen molar-refractivity contribution in [2.75, 3.05) is 7.05 Å². The molecule has 1 aliphatic heterocycles. The zero-order valence-corrected chi connectivity index (χ0v) is 31.3. The van der Waals surface area contributed by atoms with Gasteiger partial charge in [0, 0.05) is 48.5 Å². The molecule has 14 heteroatoms. The van der Waals surface area contributed by atoms with Crippen LogP contribution in [0.2, 0.25) is 0 Å². The molecule has 0 spiro atoms. The lowest BCUT2D eigenvalue weighted by atomic mass is 9.81. The average Bonchev–Trinajstić information content (AvgIpc) is 3.46. The maximum atomic E-state index is 13.4. The number of likely N-dealkylation sites (N-methyl/N-ethyl adjacent to an activating group) is 1. The molecule has 1 atom stereocenters. The molecule has 0 aliphatic carbocycles. The first kappa shape index (κ1) is 40.4. The Morgan fingerprint density at radius 3 is 1.64 bits per heavy atom. The molecular formula is C44H35F4N5O5. The predicted molar refractivity (Wildman–Crippen MR) is 209 cm³/mol. The van der Waals surface area contributed by atoms with E-state index in [2.05, 4.69) is 24.4 Å². The minimum Gasteiger partial charge on any atom is -0.435 e. The van der Waals surface area contributed by atoms with E-state index >= 15 is 0 Å². The van der Waals surface area contributed by atoms with E-state index in [4.69, 9.17) is 5.73 Å². The van der Waals surface area contributed by atoms with Crippen LogP contribution in [0.3, 0.4) is 0 Å². The highest BCUT2D eigenvalue weighted by molar-refractivity contribution is 6.49. The van der Waals surface area contributed by atoms with Crippen LogP contribution in [0.15, 0.2) is 139 Å². The number of aryl methyl sites for hydroxylation is 2. The second-order valence-corrected chi connectivity index (χ2v) is 13.1. The summed E-state index contributed by atoms with van der Waals surface area (Å²) < 4.78 is 59.0. The molecule has 3 heterocycles. The number of nitrogens with two attached hydrogens (primary N) is 1. The molecule has 1 aliphatic rings. The van der Waals surface area contributed by atoms with Crippen molar-refractivity contribution in [3.63, 3.8) is 0 Å². The number of rotatable bonds is 11. The van der Waals surface area contributed by atoms with Crippen LogP contribution in [0.5, 0.6) is 11.5 Å². The maximum absolute atomic E-state index is 13.4. The number of aromatic nitrogens is 2. The van der Waals surface area contributed by atoms with Crippen LogP contribution in [0.25, 0.3) is 22.3 Å². The van der Waals surface area contributed by atoms with Crippen molar-refractivity contribution in [1.29, 1.82) is 0 Å². The third-order valence-corrected chi connectivity index (χ3v) is 9.30. The number of carbonyl (C=O) groups is 3. The highest BCUT2D eigenvalue weighted by atomic mass is 19.3. The largest absolute Gasteiger partial charge is 0.435 e.